The molecule has 1 aliphatic carbocycles. The van der Waals surface area contributed by atoms with Gasteiger partial charge in [0.2, 0.25) is 5.91 Å². The van der Waals surface area contributed by atoms with E-state index >= 15 is 0 Å². The molecule has 0 radical (unpaired) electrons. The molecule has 3 nitrogen and oxygen atoms in total. The first kappa shape index (κ1) is 14.9. The third-order valence-electron chi connectivity index (χ3n) is 3.30. The first-order valence-electron chi connectivity index (χ1n) is 5.86. The molecule has 0 bridgehead atoms. The standard InChI is InChI=1S/C15H12NO2.K/c1-10(17)16(18)13-6-7-15-12(9-13)8-11-4-2-3-5-14(11)15;/h2-7,9H,8H2,1H3;/q-1;+1. The number of amides is 1. The summed E-state index contributed by atoms with van der Waals surface area (Å²) in [7, 11) is 0. The van der Waals surface area contributed by atoms with Gasteiger partial charge in [0.15, 0.2) is 0 Å². The summed E-state index contributed by atoms with van der Waals surface area (Å²) >= 11 is 0. The number of rotatable bonds is 1. The van der Waals surface area contributed by atoms with Crippen molar-refractivity contribution in [2.24, 2.45) is 0 Å². The van der Waals surface area contributed by atoms with E-state index in [-0.39, 0.29) is 51.4 Å². The van der Waals surface area contributed by atoms with Crippen molar-refractivity contribution < 1.29 is 56.2 Å². The molecule has 19 heavy (non-hydrogen) atoms. The second kappa shape index (κ2) is 5.87. The van der Waals surface area contributed by atoms with E-state index in [1.54, 1.807) is 6.07 Å². The van der Waals surface area contributed by atoms with Gasteiger partial charge in [0, 0.05) is 12.6 Å². The number of anilines is 1. The van der Waals surface area contributed by atoms with Crippen LogP contribution >= 0.6 is 0 Å². The zero-order valence-electron chi connectivity index (χ0n) is 11.0. The maximum absolute atomic E-state index is 11.6. The van der Waals surface area contributed by atoms with Crippen molar-refractivity contribution in [1.29, 1.82) is 0 Å². The fourth-order valence-corrected chi connectivity index (χ4v) is 2.44. The maximum atomic E-state index is 11.6. The van der Waals surface area contributed by atoms with E-state index in [9.17, 15) is 10.0 Å². The van der Waals surface area contributed by atoms with Gasteiger partial charge in [0.1, 0.15) is 0 Å². The van der Waals surface area contributed by atoms with Gasteiger partial charge >= 0.3 is 51.4 Å². The summed E-state index contributed by atoms with van der Waals surface area (Å²) < 4.78 is 0. The molecule has 2 aromatic carbocycles. The summed E-state index contributed by atoms with van der Waals surface area (Å²) in [5.41, 5.74) is 5.17. The summed E-state index contributed by atoms with van der Waals surface area (Å²) in [6.45, 7) is 1.27. The molecule has 90 valence electrons. The molecule has 0 fully saturated rings. The van der Waals surface area contributed by atoms with E-state index in [4.69, 9.17) is 0 Å². The number of nitrogens with zero attached hydrogens (tertiary/aromatic N) is 1. The largest absolute Gasteiger partial charge is 1.00 e. The molecule has 0 heterocycles. The van der Waals surface area contributed by atoms with E-state index in [1.165, 1.54) is 18.1 Å². The zero-order chi connectivity index (χ0) is 12.7. The number of carbonyl (C=O) groups excluding carboxylic acids is 1. The van der Waals surface area contributed by atoms with Crippen LogP contribution in [-0.4, -0.2) is 5.91 Å². The van der Waals surface area contributed by atoms with Gasteiger partial charge in [0.25, 0.3) is 0 Å². The van der Waals surface area contributed by atoms with Crippen LogP contribution in [-0.2, 0) is 11.2 Å². The van der Waals surface area contributed by atoms with Crippen LogP contribution in [0.15, 0.2) is 42.5 Å². The Morgan fingerprint density at radius 2 is 1.79 bits per heavy atom. The Bertz CT molecular complexity index is 640. The van der Waals surface area contributed by atoms with Gasteiger partial charge in [-0.3, -0.25) is 4.79 Å². The summed E-state index contributed by atoms with van der Waals surface area (Å²) in [6.07, 6.45) is 0.824. The fraction of sp³-hybridized carbons (Fsp3) is 0.133. The SMILES string of the molecule is CC(=O)N([O-])c1ccc2c(c1)Cc1ccccc1-2.[K+]. The van der Waals surface area contributed by atoms with E-state index in [0.29, 0.717) is 10.8 Å². The Labute approximate surface area is 154 Å². The molecule has 0 N–H and O–H groups in total. The van der Waals surface area contributed by atoms with Gasteiger partial charge in [-0.2, -0.15) is 0 Å². The van der Waals surface area contributed by atoms with Crippen LogP contribution in [0.1, 0.15) is 18.1 Å². The van der Waals surface area contributed by atoms with Crippen molar-refractivity contribution in [2.45, 2.75) is 13.3 Å². The van der Waals surface area contributed by atoms with Crippen LogP contribution < -0.4 is 56.4 Å². The summed E-state index contributed by atoms with van der Waals surface area (Å²) in [6, 6.07) is 13.6. The van der Waals surface area contributed by atoms with Crippen molar-refractivity contribution in [3.05, 3.63) is 58.8 Å². The first-order chi connectivity index (χ1) is 8.66. The average molecular weight is 277 g/mol. The second-order valence-electron chi connectivity index (χ2n) is 4.49. The van der Waals surface area contributed by atoms with Crippen molar-refractivity contribution in [2.75, 3.05) is 5.06 Å². The number of hydrogen-bond acceptors (Lipinski definition) is 2. The van der Waals surface area contributed by atoms with Crippen molar-refractivity contribution in [1.82, 2.24) is 0 Å². The van der Waals surface area contributed by atoms with Crippen LogP contribution in [0, 0.1) is 5.21 Å². The minimum absolute atomic E-state index is 0. The Balaban J connectivity index is 0.00000133. The predicted molar refractivity (Wildman–Crippen MR) is 71.2 cm³/mol. The minimum Gasteiger partial charge on any atom is -0.752 e. The molecule has 1 amide bonds. The second-order valence-corrected chi connectivity index (χ2v) is 4.49. The van der Waals surface area contributed by atoms with Gasteiger partial charge in [-0.15, -0.1) is 0 Å². The van der Waals surface area contributed by atoms with E-state index in [1.807, 2.05) is 24.3 Å². The van der Waals surface area contributed by atoms with Gasteiger partial charge < -0.3 is 10.3 Å². The van der Waals surface area contributed by atoms with Crippen molar-refractivity contribution in [3.8, 4) is 11.1 Å². The van der Waals surface area contributed by atoms with E-state index in [2.05, 4.69) is 12.1 Å². The normalized spacial score (nSPS) is 11.3. The molecule has 4 heteroatoms. The number of hydrogen-bond donors (Lipinski definition) is 0. The quantitative estimate of drug-likeness (QED) is 0.468. The van der Waals surface area contributed by atoms with Gasteiger partial charge in [-0.1, -0.05) is 30.3 Å². The molecule has 1 aliphatic rings. The molecule has 0 saturated heterocycles. The smallest absolute Gasteiger partial charge is 0.752 e. The Kier molecular flexibility index (Phi) is 4.60. The Morgan fingerprint density at radius 1 is 1.11 bits per heavy atom. The van der Waals surface area contributed by atoms with Crippen LogP contribution in [0.4, 0.5) is 5.69 Å². The van der Waals surface area contributed by atoms with Crippen LogP contribution in [0.25, 0.3) is 11.1 Å². The molecule has 0 spiro atoms. The fourth-order valence-electron chi connectivity index (χ4n) is 2.44. The summed E-state index contributed by atoms with van der Waals surface area (Å²) in [4.78, 5) is 11.1. The molecule has 0 aliphatic heterocycles. The van der Waals surface area contributed by atoms with Gasteiger partial charge in [-0.25, -0.2) is 0 Å². The monoisotopic (exact) mass is 277 g/mol. The number of fused-ring (bicyclic) bond motifs is 3. The third kappa shape index (κ3) is 2.70. The third-order valence-corrected chi connectivity index (χ3v) is 3.30. The van der Waals surface area contributed by atoms with Crippen molar-refractivity contribution in [3.63, 3.8) is 0 Å². The number of carbonyl (C=O) groups is 1. The van der Waals surface area contributed by atoms with Crippen molar-refractivity contribution >= 4 is 11.6 Å². The first-order valence-corrected chi connectivity index (χ1v) is 5.86. The Morgan fingerprint density at radius 3 is 2.53 bits per heavy atom. The molecule has 2 aromatic rings. The topological polar surface area (TPSA) is 43.4 Å². The van der Waals surface area contributed by atoms with E-state index in [0.717, 1.165) is 17.5 Å². The van der Waals surface area contributed by atoms with Crippen LogP contribution in [0.2, 0.25) is 0 Å². The van der Waals surface area contributed by atoms with Crippen LogP contribution in [0.3, 0.4) is 0 Å². The van der Waals surface area contributed by atoms with Crippen LogP contribution in [0.5, 0.6) is 0 Å². The maximum Gasteiger partial charge on any atom is 1.00 e. The predicted octanol–water partition coefficient (Wildman–Crippen LogP) is 0.112. The number of benzene rings is 2. The molecule has 0 atom stereocenters. The molecule has 0 saturated carbocycles. The zero-order valence-corrected chi connectivity index (χ0v) is 14.1. The molecule has 0 unspecified atom stereocenters. The summed E-state index contributed by atoms with van der Waals surface area (Å²) in [5, 5.41) is 12.0. The van der Waals surface area contributed by atoms with E-state index < -0.39 is 5.91 Å². The number of hydroxylamine groups is 1. The molecular formula is C15H12KNO2. The molecule has 3 rings (SSSR count). The van der Waals surface area contributed by atoms with Gasteiger partial charge in [-0.05, 0) is 40.8 Å². The Hall–Kier alpha value is -0.494. The van der Waals surface area contributed by atoms with Gasteiger partial charge in [0.05, 0.1) is 0 Å². The molecular weight excluding hydrogens is 265 g/mol. The molecule has 0 aromatic heterocycles. The summed E-state index contributed by atoms with van der Waals surface area (Å²) in [5.74, 6) is -0.495. The minimum atomic E-state index is -0.495. The average Bonchev–Trinajstić information content (AvgIpc) is 2.75.